The van der Waals surface area contributed by atoms with Crippen LogP contribution in [0, 0.1) is 6.92 Å². The molecule has 2 heterocycles. The fourth-order valence-electron chi connectivity index (χ4n) is 2.11. The van der Waals surface area contributed by atoms with Gasteiger partial charge in [-0.2, -0.15) is 0 Å². The number of pyridine rings is 1. The van der Waals surface area contributed by atoms with Crippen molar-refractivity contribution in [2.45, 2.75) is 40.3 Å². The SMILES string of the molecule is CCCNCc1sc(N(CC)Cc2ccncc2)nc1C. The fourth-order valence-corrected chi connectivity index (χ4v) is 3.21. The van der Waals surface area contributed by atoms with Gasteiger partial charge in [0.1, 0.15) is 0 Å². The monoisotopic (exact) mass is 304 g/mol. The Balaban J connectivity index is 2.06. The second-order valence-corrected chi connectivity index (χ2v) is 6.11. The van der Waals surface area contributed by atoms with E-state index in [1.54, 1.807) is 11.3 Å². The van der Waals surface area contributed by atoms with Gasteiger partial charge in [0.25, 0.3) is 0 Å². The molecule has 0 radical (unpaired) electrons. The summed E-state index contributed by atoms with van der Waals surface area (Å²) in [5, 5.41) is 4.57. The van der Waals surface area contributed by atoms with Crippen LogP contribution in [0.3, 0.4) is 0 Å². The topological polar surface area (TPSA) is 41.0 Å². The molecule has 0 aliphatic heterocycles. The van der Waals surface area contributed by atoms with Crippen LogP contribution in [0.5, 0.6) is 0 Å². The average Bonchev–Trinajstić information content (AvgIpc) is 2.87. The third-order valence-electron chi connectivity index (χ3n) is 3.37. The molecule has 21 heavy (non-hydrogen) atoms. The highest BCUT2D eigenvalue weighted by molar-refractivity contribution is 7.15. The first-order chi connectivity index (χ1) is 10.2. The normalized spacial score (nSPS) is 10.8. The molecular weight excluding hydrogens is 280 g/mol. The predicted octanol–water partition coefficient (Wildman–Crippen LogP) is 3.37. The zero-order valence-corrected chi connectivity index (χ0v) is 13.9. The van der Waals surface area contributed by atoms with Gasteiger partial charge in [-0.05, 0) is 44.5 Å². The van der Waals surface area contributed by atoms with Gasteiger partial charge in [-0.15, -0.1) is 11.3 Å². The minimum Gasteiger partial charge on any atom is -0.344 e. The third-order valence-corrected chi connectivity index (χ3v) is 4.59. The quantitative estimate of drug-likeness (QED) is 0.759. The van der Waals surface area contributed by atoms with E-state index in [4.69, 9.17) is 4.98 Å². The molecular formula is C16H24N4S. The Hall–Kier alpha value is -1.46. The maximum Gasteiger partial charge on any atom is 0.186 e. The van der Waals surface area contributed by atoms with Crippen molar-refractivity contribution in [2.24, 2.45) is 0 Å². The summed E-state index contributed by atoms with van der Waals surface area (Å²) in [5.41, 5.74) is 2.41. The number of aryl methyl sites for hydroxylation is 1. The largest absolute Gasteiger partial charge is 0.344 e. The number of anilines is 1. The number of rotatable bonds is 8. The van der Waals surface area contributed by atoms with Gasteiger partial charge in [0.15, 0.2) is 5.13 Å². The highest BCUT2D eigenvalue weighted by Gasteiger charge is 2.13. The summed E-state index contributed by atoms with van der Waals surface area (Å²) in [6.07, 6.45) is 4.85. The molecule has 0 spiro atoms. The van der Waals surface area contributed by atoms with E-state index in [1.165, 1.54) is 10.4 Å². The lowest BCUT2D eigenvalue weighted by atomic mass is 10.2. The third kappa shape index (κ3) is 4.51. The first-order valence-corrected chi connectivity index (χ1v) is 8.37. The zero-order valence-electron chi connectivity index (χ0n) is 13.1. The van der Waals surface area contributed by atoms with Gasteiger partial charge in [0.05, 0.1) is 5.69 Å². The van der Waals surface area contributed by atoms with Crippen molar-refractivity contribution >= 4 is 16.5 Å². The van der Waals surface area contributed by atoms with Crippen LogP contribution < -0.4 is 10.2 Å². The van der Waals surface area contributed by atoms with Crippen LogP contribution in [0.4, 0.5) is 5.13 Å². The Morgan fingerprint density at radius 2 is 2.00 bits per heavy atom. The summed E-state index contributed by atoms with van der Waals surface area (Å²) in [4.78, 5) is 12.5. The summed E-state index contributed by atoms with van der Waals surface area (Å²) in [6.45, 7) is 10.3. The van der Waals surface area contributed by atoms with E-state index in [1.807, 2.05) is 12.4 Å². The second-order valence-electron chi connectivity index (χ2n) is 5.05. The second kappa shape index (κ2) is 8.10. The Morgan fingerprint density at radius 3 is 2.67 bits per heavy atom. The van der Waals surface area contributed by atoms with E-state index >= 15 is 0 Å². The number of nitrogens with zero attached hydrogens (tertiary/aromatic N) is 3. The van der Waals surface area contributed by atoms with Crippen LogP contribution in [0.2, 0.25) is 0 Å². The van der Waals surface area contributed by atoms with Gasteiger partial charge >= 0.3 is 0 Å². The Morgan fingerprint density at radius 1 is 1.24 bits per heavy atom. The molecule has 0 amide bonds. The Labute approximate surface area is 131 Å². The summed E-state index contributed by atoms with van der Waals surface area (Å²) < 4.78 is 0. The van der Waals surface area contributed by atoms with Crippen molar-refractivity contribution < 1.29 is 0 Å². The fraction of sp³-hybridized carbons (Fsp3) is 0.500. The van der Waals surface area contributed by atoms with Crippen molar-refractivity contribution in [3.63, 3.8) is 0 Å². The van der Waals surface area contributed by atoms with Gasteiger partial charge in [-0.25, -0.2) is 4.98 Å². The van der Waals surface area contributed by atoms with Crippen molar-refractivity contribution in [3.8, 4) is 0 Å². The minimum absolute atomic E-state index is 0.883. The van der Waals surface area contributed by atoms with E-state index in [-0.39, 0.29) is 0 Å². The molecule has 0 saturated heterocycles. The molecule has 0 fully saturated rings. The maximum atomic E-state index is 4.75. The number of hydrogen-bond donors (Lipinski definition) is 1. The number of nitrogens with one attached hydrogen (secondary N) is 1. The van der Waals surface area contributed by atoms with Crippen LogP contribution in [0.25, 0.3) is 0 Å². The van der Waals surface area contributed by atoms with E-state index in [2.05, 4.69) is 48.1 Å². The highest BCUT2D eigenvalue weighted by Crippen LogP contribution is 2.27. The van der Waals surface area contributed by atoms with E-state index in [9.17, 15) is 0 Å². The minimum atomic E-state index is 0.883. The molecule has 1 N–H and O–H groups in total. The molecule has 2 rings (SSSR count). The standard InChI is InChI=1S/C16H24N4S/c1-4-8-18-11-15-13(3)19-16(21-15)20(5-2)12-14-6-9-17-10-7-14/h6-7,9-10,18H,4-5,8,11-12H2,1-3H3. The first-order valence-electron chi connectivity index (χ1n) is 7.55. The van der Waals surface area contributed by atoms with Crippen molar-refractivity contribution in [2.75, 3.05) is 18.0 Å². The van der Waals surface area contributed by atoms with Gasteiger partial charge in [0, 0.05) is 36.9 Å². The maximum absolute atomic E-state index is 4.75. The van der Waals surface area contributed by atoms with Crippen molar-refractivity contribution in [1.82, 2.24) is 15.3 Å². The number of aromatic nitrogens is 2. The Kier molecular flexibility index (Phi) is 6.14. The van der Waals surface area contributed by atoms with Crippen LogP contribution in [-0.2, 0) is 13.1 Å². The summed E-state index contributed by atoms with van der Waals surface area (Å²) >= 11 is 1.80. The Bertz CT molecular complexity index is 538. The highest BCUT2D eigenvalue weighted by atomic mass is 32.1. The molecule has 0 atom stereocenters. The van der Waals surface area contributed by atoms with Gasteiger partial charge in [-0.3, -0.25) is 4.98 Å². The van der Waals surface area contributed by atoms with E-state index < -0.39 is 0 Å². The average molecular weight is 304 g/mol. The molecule has 0 aliphatic carbocycles. The zero-order chi connectivity index (χ0) is 15.1. The van der Waals surface area contributed by atoms with Crippen LogP contribution in [-0.4, -0.2) is 23.1 Å². The first kappa shape index (κ1) is 15.9. The van der Waals surface area contributed by atoms with Crippen LogP contribution >= 0.6 is 11.3 Å². The summed E-state index contributed by atoms with van der Waals surface area (Å²) in [6, 6.07) is 4.12. The van der Waals surface area contributed by atoms with E-state index in [0.717, 1.165) is 43.4 Å². The molecule has 2 aromatic heterocycles. The predicted molar refractivity (Wildman–Crippen MR) is 89.8 cm³/mol. The lowest BCUT2D eigenvalue weighted by Crippen LogP contribution is -2.21. The van der Waals surface area contributed by atoms with Gasteiger partial charge < -0.3 is 10.2 Å². The van der Waals surface area contributed by atoms with Crippen LogP contribution in [0.15, 0.2) is 24.5 Å². The molecule has 0 aliphatic rings. The van der Waals surface area contributed by atoms with Gasteiger partial charge in [-0.1, -0.05) is 6.92 Å². The molecule has 114 valence electrons. The summed E-state index contributed by atoms with van der Waals surface area (Å²) in [5.74, 6) is 0. The van der Waals surface area contributed by atoms with Gasteiger partial charge in [0.2, 0.25) is 0 Å². The lowest BCUT2D eigenvalue weighted by molar-refractivity contribution is 0.678. The molecule has 0 saturated carbocycles. The van der Waals surface area contributed by atoms with Crippen LogP contribution in [0.1, 0.15) is 36.4 Å². The molecule has 5 heteroatoms. The van der Waals surface area contributed by atoms with Crippen molar-refractivity contribution in [3.05, 3.63) is 40.7 Å². The smallest absolute Gasteiger partial charge is 0.186 e. The van der Waals surface area contributed by atoms with E-state index in [0.29, 0.717) is 0 Å². The molecule has 0 bridgehead atoms. The molecule has 0 unspecified atom stereocenters. The molecule has 4 nitrogen and oxygen atoms in total. The van der Waals surface area contributed by atoms with Crippen molar-refractivity contribution in [1.29, 1.82) is 0 Å². The molecule has 2 aromatic rings. The molecule has 0 aromatic carbocycles. The number of thiazole rings is 1. The lowest BCUT2D eigenvalue weighted by Gasteiger charge is -2.19. The number of hydrogen-bond acceptors (Lipinski definition) is 5. The summed E-state index contributed by atoms with van der Waals surface area (Å²) in [7, 11) is 0.